The number of nitrogens with zero attached hydrogens (tertiary/aromatic N) is 4. The number of hydrogen-bond donors (Lipinski definition) is 0. The molecule has 24 heavy (non-hydrogen) atoms. The highest BCUT2D eigenvalue weighted by Crippen LogP contribution is 2.25. The van der Waals surface area contributed by atoms with Crippen LogP contribution in [0.5, 0.6) is 0 Å². The van der Waals surface area contributed by atoms with Gasteiger partial charge in [0, 0.05) is 43.4 Å². The van der Waals surface area contributed by atoms with Gasteiger partial charge in [0.05, 0.1) is 6.20 Å². The maximum atomic E-state index is 12.4. The van der Waals surface area contributed by atoms with Gasteiger partial charge in [-0.25, -0.2) is 0 Å². The number of benzene rings is 1. The zero-order valence-electron chi connectivity index (χ0n) is 14.8. The SMILES string of the molecule is CC(C)(C)CCC(=O)N1CCN(c2nncc3ccccc23)CC1. The molecule has 0 radical (unpaired) electrons. The van der Waals surface area contributed by atoms with Crippen molar-refractivity contribution in [2.75, 3.05) is 31.1 Å². The minimum Gasteiger partial charge on any atom is -0.351 e. The van der Waals surface area contributed by atoms with E-state index in [1.165, 1.54) is 0 Å². The number of fused-ring (bicyclic) bond motifs is 1. The lowest BCUT2D eigenvalue weighted by molar-refractivity contribution is -0.132. The number of anilines is 1. The van der Waals surface area contributed by atoms with E-state index in [2.05, 4.69) is 48.0 Å². The first kappa shape index (κ1) is 16.7. The van der Waals surface area contributed by atoms with Gasteiger partial charge in [0.25, 0.3) is 0 Å². The molecule has 0 atom stereocenters. The molecule has 0 N–H and O–H groups in total. The molecule has 0 bridgehead atoms. The van der Waals surface area contributed by atoms with Gasteiger partial charge in [0.1, 0.15) is 0 Å². The third-order valence-corrected chi connectivity index (χ3v) is 4.57. The van der Waals surface area contributed by atoms with Crippen molar-refractivity contribution in [3.8, 4) is 0 Å². The fourth-order valence-corrected chi connectivity index (χ4v) is 3.05. The van der Waals surface area contributed by atoms with Crippen LogP contribution in [0.1, 0.15) is 33.6 Å². The molecule has 0 aliphatic carbocycles. The van der Waals surface area contributed by atoms with E-state index in [0.29, 0.717) is 6.42 Å². The highest BCUT2D eigenvalue weighted by Gasteiger charge is 2.24. The highest BCUT2D eigenvalue weighted by atomic mass is 16.2. The number of piperazine rings is 1. The quantitative estimate of drug-likeness (QED) is 0.869. The molecule has 1 aromatic heterocycles. The molecule has 0 spiro atoms. The Kier molecular flexibility index (Phi) is 4.69. The summed E-state index contributed by atoms with van der Waals surface area (Å²) >= 11 is 0. The zero-order chi connectivity index (χ0) is 17.2. The summed E-state index contributed by atoms with van der Waals surface area (Å²) in [5.41, 5.74) is 0.204. The van der Waals surface area contributed by atoms with E-state index in [0.717, 1.165) is 49.2 Å². The molecule has 5 nitrogen and oxygen atoms in total. The summed E-state index contributed by atoms with van der Waals surface area (Å²) in [5.74, 6) is 1.20. The lowest BCUT2D eigenvalue weighted by Gasteiger charge is -2.36. The average molecular weight is 326 g/mol. The Morgan fingerprint density at radius 1 is 1.12 bits per heavy atom. The van der Waals surface area contributed by atoms with E-state index in [-0.39, 0.29) is 11.3 Å². The minimum absolute atomic E-state index is 0.204. The molecule has 0 unspecified atom stereocenters. The molecule has 1 amide bonds. The fourth-order valence-electron chi connectivity index (χ4n) is 3.05. The molecule has 1 saturated heterocycles. The lowest BCUT2D eigenvalue weighted by atomic mass is 9.90. The lowest BCUT2D eigenvalue weighted by Crippen LogP contribution is -2.49. The van der Waals surface area contributed by atoms with Crippen molar-refractivity contribution in [3.05, 3.63) is 30.5 Å². The van der Waals surface area contributed by atoms with Crippen molar-refractivity contribution >= 4 is 22.5 Å². The number of amides is 1. The van der Waals surface area contributed by atoms with E-state index in [1.807, 2.05) is 17.0 Å². The van der Waals surface area contributed by atoms with Crippen molar-refractivity contribution in [3.63, 3.8) is 0 Å². The number of rotatable bonds is 3. The largest absolute Gasteiger partial charge is 0.351 e. The predicted octanol–water partition coefficient (Wildman–Crippen LogP) is 3.10. The monoisotopic (exact) mass is 326 g/mol. The van der Waals surface area contributed by atoms with Gasteiger partial charge in [-0.05, 0) is 11.8 Å². The fraction of sp³-hybridized carbons (Fsp3) is 0.526. The summed E-state index contributed by atoms with van der Waals surface area (Å²) in [4.78, 5) is 16.6. The van der Waals surface area contributed by atoms with E-state index >= 15 is 0 Å². The van der Waals surface area contributed by atoms with Crippen LogP contribution in [0.4, 0.5) is 5.82 Å². The second-order valence-corrected chi connectivity index (χ2v) is 7.68. The molecular weight excluding hydrogens is 300 g/mol. The van der Waals surface area contributed by atoms with Gasteiger partial charge in [-0.1, -0.05) is 45.0 Å². The Labute approximate surface area is 143 Å². The summed E-state index contributed by atoms with van der Waals surface area (Å²) in [7, 11) is 0. The van der Waals surface area contributed by atoms with Gasteiger partial charge in [-0.3, -0.25) is 4.79 Å². The normalized spacial score (nSPS) is 15.8. The van der Waals surface area contributed by atoms with Crippen LogP contribution >= 0.6 is 0 Å². The van der Waals surface area contributed by atoms with Crippen molar-refractivity contribution in [2.24, 2.45) is 5.41 Å². The molecule has 1 aliphatic rings. The van der Waals surface area contributed by atoms with Crippen molar-refractivity contribution in [1.82, 2.24) is 15.1 Å². The minimum atomic E-state index is 0.204. The Morgan fingerprint density at radius 3 is 2.54 bits per heavy atom. The van der Waals surface area contributed by atoms with Gasteiger partial charge in [0.15, 0.2) is 5.82 Å². The topological polar surface area (TPSA) is 49.3 Å². The van der Waals surface area contributed by atoms with Crippen LogP contribution in [0.3, 0.4) is 0 Å². The molecule has 3 rings (SSSR count). The molecule has 1 aromatic carbocycles. The number of carbonyl (C=O) groups is 1. The van der Waals surface area contributed by atoms with Gasteiger partial charge in [-0.2, -0.15) is 5.10 Å². The number of carbonyl (C=O) groups excluding carboxylic acids is 1. The van der Waals surface area contributed by atoms with E-state index in [4.69, 9.17) is 0 Å². The summed E-state index contributed by atoms with van der Waals surface area (Å²) in [6.45, 7) is 9.67. The van der Waals surface area contributed by atoms with Crippen LogP contribution in [-0.4, -0.2) is 47.2 Å². The van der Waals surface area contributed by atoms with Crippen molar-refractivity contribution < 1.29 is 4.79 Å². The highest BCUT2D eigenvalue weighted by molar-refractivity contribution is 5.91. The van der Waals surface area contributed by atoms with Crippen LogP contribution in [0, 0.1) is 5.41 Å². The number of aromatic nitrogens is 2. The standard InChI is InChI=1S/C19H26N4O/c1-19(2,3)9-8-17(24)22-10-12-23(13-11-22)18-16-7-5-4-6-15(16)14-20-21-18/h4-7,14H,8-13H2,1-3H3. The third-order valence-electron chi connectivity index (χ3n) is 4.57. The Morgan fingerprint density at radius 2 is 1.83 bits per heavy atom. The molecule has 1 aliphatic heterocycles. The first-order valence-electron chi connectivity index (χ1n) is 8.67. The maximum absolute atomic E-state index is 12.4. The maximum Gasteiger partial charge on any atom is 0.222 e. The Bertz CT molecular complexity index is 709. The number of hydrogen-bond acceptors (Lipinski definition) is 4. The van der Waals surface area contributed by atoms with Crippen molar-refractivity contribution in [2.45, 2.75) is 33.6 Å². The zero-order valence-corrected chi connectivity index (χ0v) is 14.8. The molecular formula is C19H26N4O. The average Bonchev–Trinajstić information content (AvgIpc) is 2.59. The Hall–Kier alpha value is -2.17. The van der Waals surface area contributed by atoms with E-state index in [1.54, 1.807) is 6.20 Å². The molecule has 2 aromatic rings. The van der Waals surface area contributed by atoms with Crippen LogP contribution in [0.2, 0.25) is 0 Å². The third kappa shape index (κ3) is 3.83. The van der Waals surface area contributed by atoms with Crippen LogP contribution < -0.4 is 4.90 Å². The molecule has 2 heterocycles. The second kappa shape index (κ2) is 6.75. The second-order valence-electron chi connectivity index (χ2n) is 7.68. The summed E-state index contributed by atoms with van der Waals surface area (Å²) in [6, 6.07) is 8.18. The molecule has 128 valence electrons. The summed E-state index contributed by atoms with van der Waals surface area (Å²) < 4.78 is 0. The van der Waals surface area contributed by atoms with E-state index < -0.39 is 0 Å². The predicted molar refractivity (Wildman–Crippen MR) is 97.0 cm³/mol. The molecule has 1 fully saturated rings. The van der Waals surface area contributed by atoms with Crippen LogP contribution in [-0.2, 0) is 4.79 Å². The van der Waals surface area contributed by atoms with Gasteiger partial charge >= 0.3 is 0 Å². The first-order chi connectivity index (χ1) is 11.4. The molecule has 0 saturated carbocycles. The van der Waals surface area contributed by atoms with Gasteiger partial charge < -0.3 is 9.80 Å². The van der Waals surface area contributed by atoms with E-state index in [9.17, 15) is 4.79 Å². The first-order valence-corrected chi connectivity index (χ1v) is 8.67. The van der Waals surface area contributed by atoms with Crippen LogP contribution in [0.25, 0.3) is 10.8 Å². The molecule has 5 heteroatoms. The van der Waals surface area contributed by atoms with Gasteiger partial charge in [0.2, 0.25) is 5.91 Å². The summed E-state index contributed by atoms with van der Waals surface area (Å²) in [5, 5.41) is 10.7. The van der Waals surface area contributed by atoms with Crippen LogP contribution in [0.15, 0.2) is 30.5 Å². The Balaban J connectivity index is 1.63. The van der Waals surface area contributed by atoms with Gasteiger partial charge in [-0.15, -0.1) is 5.10 Å². The summed E-state index contributed by atoms with van der Waals surface area (Å²) in [6.07, 6.45) is 3.36. The smallest absolute Gasteiger partial charge is 0.222 e. The van der Waals surface area contributed by atoms with Crippen molar-refractivity contribution in [1.29, 1.82) is 0 Å².